The van der Waals surface area contributed by atoms with Gasteiger partial charge in [-0.3, -0.25) is 5.32 Å². The van der Waals surface area contributed by atoms with Crippen LogP contribution in [0, 0.1) is 5.92 Å². The lowest BCUT2D eigenvalue weighted by atomic mass is 10.0. The zero-order valence-corrected chi connectivity index (χ0v) is 20.3. The fraction of sp³-hybridized carbons (Fsp3) is 0.619. The van der Waals surface area contributed by atoms with Crippen LogP contribution in [0.1, 0.15) is 31.7 Å². The average molecular weight is 534 g/mol. The fourth-order valence-electron chi connectivity index (χ4n) is 2.92. The first kappa shape index (κ1) is 26.4. The normalized spacial score (nSPS) is 14.5. The lowest BCUT2D eigenvalue weighted by Gasteiger charge is -2.21. The van der Waals surface area contributed by atoms with Gasteiger partial charge in [-0.2, -0.15) is 0 Å². The third kappa shape index (κ3) is 11.0. The Morgan fingerprint density at radius 3 is 2.60 bits per heavy atom. The number of methoxy groups -OCH3 is 1. The number of carbonyl (C=O) groups excluding carboxylic acids is 1. The van der Waals surface area contributed by atoms with Gasteiger partial charge in [0, 0.05) is 45.2 Å². The third-order valence-corrected chi connectivity index (χ3v) is 4.60. The van der Waals surface area contributed by atoms with Crippen molar-refractivity contribution in [2.24, 2.45) is 10.9 Å². The predicted octanol–water partition coefficient (Wildman–Crippen LogP) is 3.37. The van der Waals surface area contributed by atoms with E-state index in [9.17, 15) is 4.79 Å². The molecule has 0 spiro atoms. The highest BCUT2D eigenvalue weighted by Gasteiger charge is 2.13. The number of amides is 1. The summed E-state index contributed by atoms with van der Waals surface area (Å²) in [7, 11) is 1.34. The van der Waals surface area contributed by atoms with Crippen LogP contribution >= 0.6 is 24.0 Å². The molecule has 2 rings (SSSR count). The van der Waals surface area contributed by atoms with E-state index < -0.39 is 6.09 Å². The number of hydrogen-bond acceptors (Lipinski definition) is 5. The Morgan fingerprint density at radius 2 is 1.93 bits per heavy atom. The van der Waals surface area contributed by atoms with E-state index in [0.29, 0.717) is 18.2 Å². The lowest BCUT2D eigenvalue weighted by molar-refractivity contribution is 0.0203. The molecule has 170 valence electrons. The average Bonchev–Trinajstić information content (AvgIpc) is 2.76. The van der Waals surface area contributed by atoms with E-state index in [1.807, 2.05) is 31.2 Å². The number of aliphatic imine (C=N–C) groups is 1. The maximum absolute atomic E-state index is 11.2. The Hall–Kier alpha value is -1.59. The zero-order valence-electron chi connectivity index (χ0n) is 17.9. The van der Waals surface area contributed by atoms with Crippen molar-refractivity contribution in [2.45, 2.75) is 32.7 Å². The summed E-state index contributed by atoms with van der Waals surface area (Å²) in [4.78, 5) is 15.8. The Kier molecular flexibility index (Phi) is 14.2. The molecule has 30 heavy (non-hydrogen) atoms. The number of hydrogen-bond donors (Lipinski definition) is 3. The van der Waals surface area contributed by atoms with Crippen LogP contribution in [-0.4, -0.2) is 58.7 Å². The van der Waals surface area contributed by atoms with Gasteiger partial charge in [-0.25, -0.2) is 9.79 Å². The van der Waals surface area contributed by atoms with Gasteiger partial charge in [0.2, 0.25) is 0 Å². The van der Waals surface area contributed by atoms with E-state index in [0.717, 1.165) is 70.3 Å². The van der Waals surface area contributed by atoms with Crippen LogP contribution in [0.15, 0.2) is 29.3 Å². The van der Waals surface area contributed by atoms with E-state index in [4.69, 9.17) is 9.47 Å². The summed E-state index contributed by atoms with van der Waals surface area (Å²) < 4.78 is 15.7. The van der Waals surface area contributed by atoms with Crippen molar-refractivity contribution in [3.05, 3.63) is 29.8 Å². The summed E-state index contributed by atoms with van der Waals surface area (Å²) in [5.41, 5.74) is 1.74. The minimum absolute atomic E-state index is 0. The van der Waals surface area contributed by atoms with Crippen molar-refractivity contribution in [3.63, 3.8) is 0 Å². The number of halogens is 1. The maximum atomic E-state index is 11.2. The molecule has 3 N–H and O–H groups in total. The number of benzene rings is 1. The molecule has 1 fully saturated rings. The van der Waals surface area contributed by atoms with Crippen molar-refractivity contribution in [2.75, 3.05) is 51.9 Å². The van der Waals surface area contributed by atoms with Gasteiger partial charge in [0.05, 0.1) is 13.7 Å². The highest BCUT2D eigenvalue weighted by atomic mass is 127. The Labute approximate surface area is 196 Å². The second-order valence-corrected chi connectivity index (χ2v) is 6.92. The number of ether oxygens (including phenoxy) is 3. The third-order valence-electron chi connectivity index (χ3n) is 4.60. The minimum atomic E-state index is -0.480. The first-order valence-electron chi connectivity index (χ1n) is 10.3. The monoisotopic (exact) mass is 534 g/mol. The van der Waals surface area contributed by atoms with Gasteiger partial charge in [-0.1, -0.05) is 12.1 Å². The second kappa shape index (κ2) is 16.1. The molecule has 1 aromatic rings. The predicted molar refractivity (Wildman–Crippen MR) is 130 cm³/mol. The summed E-state index contributed by atoms with van der Waals surface area (Å²) >= 11 is 0. The maximum Gasteiger partial charge on any atom is 0.411 e. The van der Waals surface area contributed by atoms with Crippen LogP contribution in [0.25, 0.3) is 0 Å². The highest BCUT2D eigenvalue weighted by Crippen LogP contribution is 2.14. The summed E-state index contributed by atoms with van der Waals surface area (Å²) in [6, 6.07) is 7.53. The van der Waals surface area contributed by atoms with Gasteiger partial charge in [0.15, 0.2) is 5.96 Å². The Morgan fingerprint density at radius 1 is 1.20 bits per heavy atom. The van der Waals surface area contributed by atoms with Crippen molar-refractivity contribution in [1.82, 2.24) is 10.6 Å². The van der Waals surface area contributed by atoms with Gasteiger partial charge < -0.3 is 24.8 Å². The number of carbonyl (C=O) groups is 1. The molecule has 0 radical (unpaired) electrons. The van der Waals surface area contributed by atoms with Gasteiger partial charge in [-0.15, -0.1) is 24.0 Å². The minimum Gasteiger partial charge on any atom is -0.453 e. The van der Waals surface area contributed by atoms with Crippen LogP contribution in [0.4, 0.5) is 10.5 Å². The van der Waals surface area contributed by atoms with E-state index in [1.54, 1.807) is 0 Å². The molecule has 9 heteroatoms. The molecule has 0 aromatic heterocycles. The molecule has 0 saturated carbocycles. The van der Waals surface area contributed by atoms with Crippen LogP contribution in [0.5, 0.6) is 0 Å². The number of nitrogens with one attached hydrogen (secondary N) is 3. The molecule has 1 aromatic carbocycles. The van der Waals surface area contributed by atoms with Crippen molar-refractivity contribution >= 4 is 41.7 Å². The SMILES string of the molecule is CCNC(=NCc1ccc(NC(=O)OC)cc1)NCCCOCC1CCOCC1.I. The molecule has 1 amide bonds. The Balaban J connectivity index is 0.00000450. The van der Waals surface area contributed by atoms with Crippen molar-refractivity contribution in [3.8, 4) is 0 Å². The van der Waals surface area contributed by atoms with Crippen molar-refractivity contribution in [1.29, 1.82) is 0 Å². The van der Waals surface area contributed by atoms with Gasteiger partial charge in [0.25, 0.3) is 0 Å². The first-order chi connectivity index (χ1) is 14.2. The van der Waals surface area contributed by atoms with Crippen LogP contribution < -0.4 is 16.0 Å². The summed E-state index contributed by atoms with van der Waals surface area (Å²) in [6.45, 7) is 7.51. The standard InChI is InChI=1S/C21H34N4O4.HI/c1-3-22-20(23-11-4-12-29-16-18-9-13-28-14-10-18)24-15-17-5-7-19(8-6-17)25-21(26)27-2;/h5-8,18H,3-4,9-16H2,1-2H3,(H,25,26)(H2,22,23,24);1H. The van der Waals surface area contributed by atoms with Crippen molar-refractivity contribution < 1.29 is 19.0 Å². The van der Waals surface area contributed by atoms with E-state index in [2.05, 4.69) is 25.7 Å². The summed E-state index contributed by atoms with van der Waals surface area (Å²) in [5, 5.41) is 9.22. The molecule has 8 nitrogen and oxygen atoms in total. The summed E-state index contributed by atoms with van der Waals surface area (Å²) in [6.07, 6.45) is 2.66. The van der Waals surface area contributed by atoms with E-state index in [-0.39, 0.29) is 24.0 Å². The smallest absolute Gasteiger partial charge is 0.411 e. The quantitative estimate of drug-likeness (QED) is 0.185. The molecule has 0 bridgehead atoms. The molecule has 1 aliphatic rings. The molecule has 1 heterocycles. The lowest BCUT2D eigenvalue weighted by Crippen LogP contribution is -2.38. The molecule has 0 unspecified atom stereocenters. The molecule has 0 atom stereocenters. The number of rotatable bonds is 10. The van der Waals surface area contributed by atoms with Crippen LogP contribution in [0.3, 0.4) is 0 Å². The summed E-state index contributed by atoms with van der Waals surface area (Å²) in [5.74, 6) is 1.43. The Bertz CT molecular complexity index is 622. The molecule has 0 aliphatic carbocycles. The van der Waals surface area contributed by atoms with Gasteiger partial charge >= 0.3 is 6.09 Å². The number of anilines is 1. The number of nitrogens with zero attached hydrogens (tertiary/aromatic N) is 1. The zero-order chi connectivity index (χ0) is 20.7. The first-order valence-corrected chi connectivity index (χ1v) is 10.3. The van der Waals surface area contributed by atoms with E-state index >= 15 is 0 Å². The van der Waals surface area contributed by atoms with Crippen LogP contribution in [-0.2, 0) is 20.8 Å². The second-order valence-electron chi connectivity index (χ2n) is 6.92. The fourth-order valence-corrected chi connectivity index (χ4v) is 2.92. The van der Waals surface area contributed by atoms with E-state index in [1.165, 1.54) is 7.11 Å². The largest absolute Gasteiger partial charge is 0.453 e. The number of guanidine groups is 1. The van der Waals surface area contributed by atoms with Crippen LogP contribution in [0.2, 0.25) is 0 Å². The highest BCUT2D eigenvalue weighted by molar-refractivity contribution is 14.0. The molecular weight excluding hydrogens is 499 g/mol. The molecular formula is C21H35IN4O4. The molecule has 1 saturated heterocycles. The topological polar surface area (TPSA) is 93.2 Å². The van der Waals surface area contributed by atoms with Gasteiger partial charge in [0.1, 0.15) is 0 Å². The van der Waals surface area contributed by atoms with Gasteiger partial charge in [-0.05, 0) is 49.8 Å². The molecule has 1 aliphatic heterocycles.